The first-order valence-electron chi connectivity index (χ1n) is 7.06. The number of rotatable bonds is 5. The molecule has 1 aromatic heterocycles. The van der Waals surface area contributed by atoms with E-state index in [-0.39, 0.29) is 23.8 Å². The number of nitro benzene ring substituents is 1. The average molecular weight is 327 g/mol. The highest BCUT2D eigenvalue weighted by molar-refractivity contribution is 5.98. The Morgan fingerprint density at radius 3 is 2.54 bits per heavy atom. The van der Waals surface area contributed by atoms with Gasteiger partial charge >= 0.3 is 5.97 Å². The Hall–Kier alpha value is -3.35. The number of hydrogen-bond acceptors (Lipinski definition) is 6. The highest BCUT2D eigenvalue weighted by Gasteiger charge is 2.22. The van der Waals surface area contributed by atoms with Crippen LogP contribution in [0.1, 0.15) is 16.1 Å². The fourth-order valence-corrected chi connectivity index (χ4v) is 2.26. The number of nitrogens with zero attached hydrogens (tertiary/aromatic N) is 1. The highest BCUT2D eigenvalue weighted by Crippen LogP contribution is 2.34. The van der Waals surface area contributed by atoms with Crippen LogP contribution in [-0.2, 0) is 11.3 Å². The number of esters is 1. The van der Waals surface area contributed by atoms with Gasteiger partial charge in [-0.3, -0.25) is 10.1 Å². The fourth-order valence-electron chi connectivity index (χ4n) is 2.26. The van der Waals surface area contributed by atoms with Crippen LogP contribution in [0.4, 0.5) is 5.69 Å². The summed E-state index contributed by atoms with van der Waals surface area (Å²) < 4.78 is 16.0. The summed E-state index contributed by atoms with van der Waals surface area (Å²) in [6, 6.07) is 13.1. The molecule has 7 heteroatoms. The summed E-state index contributed by atoms with van der Waals surface area (Å²) in [5.74, 6) is -0.360. The van der Waals surface area contributed by atoms with Crippen molar-refractivity contribution in [2.75, 3.05) is 7.11 Å². The Morgan fingerprint density at radius 2 is 1.88 bits per heavy atom. The van der Waals surface area contributed by atoms with Crippen molar-refractivity contribution in [1.82, 2.24) is 0 Å². The van der Waals surface area contributed by atoms with Crippen LogP contribution in [-0.4, -0.2) is 18.0 Å². The van der Waals surface area contributed by atoms with Crippen molar-refractivity contribution in [1.29, 1.82) is 0 Å². The predicted octanol–water partition coefficient (Wildman–Crippen LogP) is 3.71. The minimum atomic E-state index is -0.634. The van der Waals surface area contributed by atoms with Gasteiger partial charge in [0.2, 0.25) is 0 Å². The smallest absolute Gasteiger partial charge is 0.377 e. The highest BCUT2D eigenvalue weighted by atomic mass is 16.6. The van der Waals surface area contributed by atoms with Crippen LogP contribution < -0.4 is 4.74 Å². The van der Waals surface area contributed by atoms with Gasteiger partial charge in [0, 0.05) is 12.1 Å². The van der Waals surface area contributed by atoms with Crippen LogP contribution in [0.5, 0.6) is 5.75 Å². The Bertz CT molecular complexity index is 897. The first-order chi connectivity index (χ1) is 11.6. The van der Waals surface area contributed by atoms with Gasteiger partial charge < -0.3 is 13.9 Å². The Labute approximate surface area is 136 Å². The Kier molecular flexibility index (Phi) is 4.15. The quantitative estimate of drug-likeness (QED) is 0.403. The third-order valence-corrected chi connectivity index (χ3v) is 3.45. The van der Waals surface area contributed by atoms with Crippen LogP contribution in [0.3, 0.4) is 0 Å². The van der Waals surface area contributed by atoms with Crippen molar-refractivity contribution in [2.45, 2.75) is 6.61 Å². The van der Waals surface area contributed by atoms with E-state index in [1.165, 1.54) is 19.2 Å². The van der Waals surface area contributed by atoms with Crippen LogP contribution in [0.2, 0.25) is 0 Å². The van der Waals surface area contributed by atoms with Gasteiger partial charge in [-0.1, -0.05) is 12.1 Å². The van der Waals surface area contributed by atoms with Gasteiger partial charge in [-0.2, -0.15) is 0 Å². The van der Waals surface area contributed by atoms with Gasteiger partial charge in [-0.15, -0.1) is 0 Å². The molecule has 0 aliphatic rings. The number of non-ortho nitro benzene ring substituents is 1. The van der Waals surface area contributed by atoms with E-state index >= 15 is 0 Å². The van der Waals surface area contributed by atoms with Gasteiger partial charge in [0.15, 0.2) is 5.75 Å². The summed E-state index contributed by atoms with van der Waals surface area (Å²) in [7, 11) is 1.26. The molecule has 0 atom stereocenters. The van der Waals surface area contributed by atoms with Gasteiger partial charge in [-0.05, 0) is 29.8 Å². The lowest BCUT2D eigenvalue weighted by molar-refractivity contribution is -0.384. The van der Waals surface area contributed by atoms with Crippen molar-refractivity contribution in [3.63, 3.8) is 0 Å². The zero-order valence-corrected chi connectivity index (χ0v) is 12.7. The van der Waals surface area contributed by atoms with Gasteiger partial charge in [0.25, 0.3) is 11.4 Å². The molecule has 0 saturated heterocycles. The maximum Gasteiger partial charge on any atom is 0.377 e. The third kappa shape index (κ3) is 2.91. The summed E-state index contributed by atoms with van der Waals surface area (Å²) in [5.41, 5.74) is 1.24. The molecule has 3 aromatic rings. The van der Waals surface area contributed by atoms with Gasteiger partial charge in [0.05, 0.1) is 17.4 Å². The molecule has 1 heterocycles. The molecule has 0 radical (unpaired) electrons. The van der Waals surface area contributed by atoms with E-state index in [4.69, 9.17) is 13.9 Å². The Balaban J connectivity index is 1.88. The first-order valence-corrected chi connectivity index (χ1v) is 7.06. The molecule has 0 unspecified atom stereocenters. The molecule has 122 valence electrons. The number of para-hydroxylation sites is 1. The largest absolute Gasteiger partial charge is 0.484 e. The number of hydrogen-bond donors (Lipinski definition) is 0. The van der Waals surface area contributed by atoms with E-state index in [1.54, 1.807) is 36.4 Å². The second-order valence-corrected chi connectivity index (χ2v) is 4.96. The predicted molar refractivity (Wildman–Crippen MR) is 85.0 cm³/mol. The molecule has 0 spiro atoms. The van der Waals surface area contributed by atoms with Crippen molar-refractivity contribution in [3.05, 3.63) is 70.0 Å². The lowest BCUT2D eigenvalue weighted by Gasteiger charge is -2.06. The van der Waals surface area contributed by atoms with Crippen LogP contribution in [0, 0.1) is 10.1 Å². The molecule has 0 aliphatic heterocycles. The van der Waals surface area contributed by atoms with Crippen molar-refractivity contribution in [2.24, 2.45) is 0 Å². The second-order valence-electron chi connectivity index (χ2n) is 4.96. The minimum absolute atomic E-state index is 0.00256. The van der Waals surface area contributed by atoms with Gasteiger partial charge in [0.1, 0.15) is 12.2 Å². The Morgan fingerprint density at radius 1 is 1.17 bits per heavy atom. The minimum Gasteiger partial charge on any atom is -0.484 e. The molecule has 0 saturated carbocycles. The number of carbonyl (C=O) groups is 1. The topological polar surface area (TPSA) is 91.8 Å². The second kappa shape index (κ2) is 6.41. The number of benzene rings is 2. The van der Waals surface area contributed by atoms with Crippen LogP contribution in [0.25, 0.3) is 11.0 Å². The summed E-state index contributed by atoms with van der Waals surface area (Å²) in [5, 5.41) is 11.3. The normalized spacial score (nSPS) is 10.5. The number of carbonyl (C=O) groups excluding carboxylic acids is 1. The molecule has 2 aromatic carbocycles. The van der Waals surface area contributed by atoms with E-state index in [0.717, 1.165) is 5.56 Å². The number of nitro groups is 1. The summed E-state index contributed by atoms with van der Waals surface area (Å²) >= 11 is 0. The molecular formula is C17H13NO6. The van der Waals surface area contributed by atoms with Crippen LogP contribution >= 0.6 is 0 Å². The van der Waals surface area contributed by atoms with Gasteiger partial charge in [-0.25, -0.2) is 4.79 Å². The summed E-state index contributed by atoms with van der Waals surface area (Å²) in [6.45, 7) is 0.130. The van der Waals surface area contributed by atoms with Crippen LogP contribution in [0.15, 0.2) is 52.9 Å². The molecule has 3 rings (SSSR count). The molecule has 24 heavy (non-hydrogen) atoms. The molecule has 0 N–H and O–H groups in total. The monoisotopic (exact) mass is 327 g/mol. The SMILES string of the molecule is COC(=O)c1oc2ccccc2c1OCc1ccc([N+](=O)[O-])cc1. The van der Waals surface area contributed by atoms with E-state index in [2.05, 4.69) is 0 Å². The first kappa shape index (κ1) is 15.5. The zero-order valence-electron chi connectivity index (χ0n) is 12.7. The third-order valence-electron chi connectivity index (χ3n) is 3.45. The molecule has 7 nitrogen and oxygen atoms in total. The average Bonchev–Trinajstić information content (AvgIpc) is 2.98. The lowest BCUT2D eigenvalue weighted by atomic mass is 10.2. The maximum atomic E-state index is 11.9. The van der Waals surface area contributed by atoms with E-state index in [0.29, 0.717) is 11.0 Å². The zero-order chi connectivity index (χ0) is 17.1. The summed E-state index contributed by atoms with van der Waals surface area (Å²) in [6.07, 6.45) is 0. The van der Waals surface area contributed by atoms with Crippen molar-refractivity contribution >= 4 is 22.6 Å². The molecule has 0 amide bonds. The fraction of sp³-hybridized carbons (Fsp3) is 0.118. The number of ether oxygens (including phenoxy) is 2. The lowest BCUT2D eigenvalue weighted by Crippen LogP contribution is -2.04. The van der Waals surface area contributed by atoms with E-state index in [9.17, 15) is 14.9 Å². The number of fused-ring (bicyclic) bond motifs is 1. The molecular weight excluding hydrogens is 314 g/mol. The van der Waals surface area contributed by atoms with E-state index in [1.807, 2.05) is 0 Å². The molecule has 0 aliphatic carbocycles. The number of furan rings is 1. The maximum absolute atomic E-state index is 11.9. The van der Waals surface area contributed by atoms with Crippen molar-refractivity contribution in [3.8, 4) is 5.75 Å². The number of methoxy groups -OCH3 is 1. The molecule has 0 fully saturated rings. The summed E-state index contributed by atoms with van der Waals surface area (Å²) in [4.78, 5) is 22.1. The molecule has 0 bridgehead atoms. The van der Waals surface area contributed by atoms with Crippen molar-refractivity contribution < 1.29 is 23.6 Å². The van der Waals surface area contributed by atoms with E-state index < -0.39 is 10.9 Å². The standard InChI is InChI=1S/C17H13NO6/c1-22-17(19)16-15(13-4-2-3-5-14(13)24-16)23-10-11-6-8-12(9-7-11)18(20)21/h2-9H,10H2,1H3.